The molecule has 1 fully saturated rings. The maximum atomic E-state index is 12.4. The Labute approximate surface area is 129 Å². The minimum atomic E-state index is -0.907. The fourth-order valence-electron chi connectivity index (χ4n) is 2.62. The number of rotatable bonds is 2. The summed E-state index contributed by atoms with van der Waals surface area (Å²) in [5.41, 5.74) is 1.57. The molecule has 1 atom stereocenters. The van der Waals surface area contributed by atoms with E-state index >= 15 is 0 Å². The van der Waals surface area contributed by atoms with Gasteiger partial charge in [0.1, 0.15) is 0 Å². The third-order valence-electron chi connectivity index (χ3n) is 3.69. The van der Waals surface area contributed by atoms with Crippen LogP contribution in [0.4, 0.5) is 0 Å². The van der Waals surface area contributed by atoms with Crippen LogP contribution in [0.25, 0.3) is 0 Å². The van der Waals surface area contributed by atoms with E-state index in [1.807, 2.05) is 0 Å². The van der Waals surface area contributed by atoms with E-state index in [2.05, 4.69) is 22.2 Å². The van der Waals surface area contributed by atoms with Crippen LogP contribution < -0.4 is 5.32 Å². The average Bonchev–Trinajstić information content (AvgIpc) is 2.71. The van der Waals surface area contributed by atoms with Gasteiger partial charge in [0.25, 0.3) is 0 Å². The maximum absolute atomic E-state index is 12.4. The first-order valence-corrected chi connectivity index (χ1v) is 7.81. The molecule has 0 bridgehead atoms. The average molecular weight is 346 g/mol. The van der Waals surface area contributed by atoms with Gasteiger partial charge < -0.3 is 0 Å². The zero-order chi connectivity index (χ0) is 15.1. The van der Waals surface area contributed by atoms with Crippen LogP contribution in [0.2, 0.25) is 0 Å². The molecule has 2 heterocycles. The molecule has 1 N–H and O–H groups in total. The Kier molecular flexibility index (Phi) is 3.41. The van der Waals surface area contributed by atoms with Crippen LogP contribution in [0, 0.1) is 0 Å². The van der Waals surface area contributed by atoms with E-state index < -0.39 is 23.8 Å². The molecule has 106 valence electrons. The monoisotopic (exact) mass is 346 g/mol. The second-order valence-corrected chi connectivity index (χ2v) is 5.65. The summed E-state index contributed by atoms with van der Waals surface area (Å²) < 4.78 is 0. The molecule has 0 aromatic heterocycles. The Morgan fingerprint density at radius 1 is 1.14 bits per heavy atom. The normalized spacial score (nSPS) is 21.6. The van der Waals surface area contributed by atoms with Crippen LogP contribution in [0.3, 0.4) is 0 Å². The Morgan fingerprint density at radius 2 is 1.86 bits per heavy atom. The number of hydrogen-bond donors (Lipinski definition) is 1. The number of nitrogens with one attached hydrogen (secondary N) is 1. The quantitative estimate of drug-likeness (QED) is 0.592. The van der Waals surface area contributed by atoms with Crippen molar-refractivity contribution in [2.75, 3.05) is 0 Å². The summed E-state index contributed by atoms with van der Waals surface area (Å²) in [6.45, 7) is 0. The topological polar surface area (TPSA) is 83.6 Å². The fourth-order valence-corrected chi connectivity index (χ4v) is 3.03. The molecule has 21 heavy (non-hydrogen) atoms. The van der Waals surface area contributed by atoms with Crippen molar-refractivity contribution in [1.29, 1.82) is 0 Å². The van der Waals surface area contributed by atoms with E-state index in [-0.39, 0.29) is 18.7 Å². The zero-order valence-corrected chi connectivity index (χ0v) is 12.8. The minimum absolute atomic E-state index is 0.126. The van der Waals surface area contributed by atoms with E-state index in [0.29, 0.717) is 16.3 Å². The molecule has 1 aromatic rings. The van der Waals surface area contributed by atoms with Gasteiger partial charge in [-0.15, -0.1) is 0 Å². The summed E-state index contributed by atoms with van der Waals surface area (Å²) in [6, 6.07) is 4.18. The summed E-state index contributed by atoms with van der Waals surface area (Å²) in [6.07, 6.45) is 0.301. The van der Waals surface area contributed by atoms with Crippen LogP contribution in [0.15, 0.2) is 18.2 Å². The molecule has 0 aliphatic carbocycles. The number of piperidine rings is 1. The predicted molar refractivity (Wildman–Crippen MR) is 72.6 cm³/mol. The predicted octanol–water partition coefficient (Wildman–Crippen LogP) is -0.244. The number of amides is 4. The first kappa shape index (κ1) is 14.0. The van der Waals surface area contributed by atoms with Crippen molar-refractivity contribution in [3.05, 3.63) is 34.9 Å². The molecular formula is C14H11AsN2O4. The Bertz CT molecular complexity index is 686. The van der Waals surface area contributed by atoms with E-state index in [1.54, 1.807) is 18.2 Å². The first-order chi connectivity index (χ1) is 10.0. The molecule has 1 saturated heterocycles. The third kappa shape index (κ3) is 2.20. The fraction of sp³-hybridized carbons (Fsp3) is 0.286. The number of nitrogens with zero attached hydrogens (tertiary/aromatic N) is 1. The number of benzene rings is 1. The van der Waals surface area contributed by atoms with Gasteiger partial charge in [0.2, 0.25) is 0 Å². The Hall–Kier alpha value is -1.94. The van der Waals surface area contributed by atoms with Crippen LogP contribution in [0.1, 0.15) is 39.1 Å². The molecule has 2 radical (unpaired) electrons. The van der Waals surface area contributed by atoms with E-state index in [4.69, 9.17) is 0 Å². The molecule has 3 rings (SSSR count). The van der Waals surface area contributed by atoms with Gasteiger partial charge in [-0.05, 0) is 0 Å². The number of carbonyl (C=O) groups is 4. The van der Waals surface area contributed by atoms with Gasteiger partial charge in [-0.2, -0.15) is 0 Å². The van der Waals surface area contributed by atoms with Gasteiger partial charge in [0, 0.05) is 0 Å². The van der Waals surface area contributed by atoms with Crippen molar-refractivity contribution < 1.29 is 19.2 Å². The van der Waals surface area contributed by atoms with Crippen molar-refractivity contribution in [2.45, 2.75) is 24.1 Å². The summed E-state index contributed by atoms with van der Waals surface area (Å²) in [7, 11) is 0. The van der Waals surface area contributed by atoms with Crippen LogP contribution in [-0.2, 0) is 14.8 Å². The second-order valence-electron chi connectivity index (χ2n) is 4.99. The molecular weight excluding hydrogens is 335 g/mol. The molecule has 2 aliphatic rings. The van der Waals surface area contributed by atoms with E-state index in [9.17, 15) is 19.2 Å². The van der Waals surface area contributed by atoms with Crippen molar-refractivity contribution in [1.82, 2.24) is 10.2 Å². The first-order valence-electron chi connectivity index (χ1n) is 6.48. The SMILES string of the molecule is O=C1CCC(N2C(=O)c3ccc(C[As])cc3C2=O)C(=O)N1. The van der Waals surface area contributed by atoms with Gasteiger partial charge in [-0.1, -0.05) is 0 Å². The molecule has 1 unspecified atom stereocenters. The molecule has 1 aromatic carbocycles. The molecule has 7 heteroatoms. The molecule has 4 amide bonds. The molecule has 0 saturated carbocycles. The van der Waals surface area contributed by atoms with E-state index in [0.717, 1.165) is 10.5 Å². The summed E-state index contributed by atoms with van der Waals surface area (Å²) in [5.74, 6) is -1.90. The van der Waals surface area contributed by atoms with Gasteiger partial charge in [0.05, 0.1) is 0 Å². The van der Waals surface area contributed by atoms with Gasteiger partial charge in [-0.25, -0.2) is 0 Å². The molecule has 6 nitrogen and oxygen atoms in total. The summed E-state index contributed by atoms with van der Waals surface area (Å²) in [5, 5.41) is 2.86. The van der Waals surface area contributed by atoms with Crippen molar-refractivity contribution in [2.24, 2.45) is 0 Å². The number of fused-ring (bicyclic) bond motifs is 1. The summed E-state index contributed by atoms with van der Waals surface area (Å²) in [4.78, 5) is 48.8. The van der Waals surface area contributed by atoms with Crippen molar-refractivity contribution >= 4 is 40.5 Å². The number of carbonyl (C=O) groups excluding carboxylic acids is 4. The third-order valence-corrected chi connectivity index (χ3v) is 4.45. The Morgan fingerprint density at radius 3 is 2.52 bits per heavy atom. The van der Waals surface area contributed by atoms with Crippen LogP contribution in [-0.4, -0.2) is 51.4 Å². The molecule has 2 aliphatic heterocycles. The van der Waals surface area contributed by atoms with Gasteiger partial charge in [0.15, 0.2) is 0 Å². The van der Waals surface area contributed by atoms with Crippen molar-refractivity contribution in [3.63, 3.8) is 0 Å². The van der Waals surface area contributed by atoms with Crippen LogP contribution in [0.5, 0.6) is 0 Å². The second kappa shape index (κ2) is 5.11. The molecule has 0 spiro atoms. The number of imide groups is 2. The van der Waals surface area contributed by atoms with Crippen LogP contribution >= 0.6 is 0 Å². The Balaban J connectivity index is 1.96. The van der Waals surface area contributed by atoms with E-state index in [1.165, 1.54) is 0 Å². The van der Waals surface area contributed by atoms with Gasteiger partial charge >= 0.3 is 129 Å². The van der Waals surface area contributed by atoms with Crippen molar-refractivity contribution in [3.8, 4) is 0 Å². The number of hydrogen-bond acceptors (Lipinski definition) is 4. The standard InChI is InChI=1S/C14H11AsN2O4/c15-6-7-1-2-8-9(5-7)14(21)17(13(8)20)10-3-4-11(18)16-12(10)19/h1-2,5,10H,3-4,6H2,(H,16,18,19). The van der Waals surface area contributed by atoms with Gasteiger partial charge in [-0.3, -0.25) is 0 Å². The summed E-state index contributed by atoms with van der Waals surface area (Å²) >= 11 is 2.41. The zero-order valence-electron chi connectivity index (χ0n) is 11.0.